The lowest BCUT2D eigenvalue weighted by atomic mass is 10.1. The van der Waals surface area contributed by atoms with Crippen LogP contribution < -0.4 is 0 Å². The number of sulfonamides is 1. The summed E-state index contributed by atoms with van der Waals surface area (Å²) in [7, 11) is -1.58. The average Bonchev–Trinajstić information content (AvgIpc) is 3.06. The molecule has 1 heterocycles. The number of unbranched alkanes of at least 4 members (excludes halogenated alkanes) is 1. The molecule has 0 bridgehead atoms. The lowest BCUT2D eigenvalue weighted by Gasteiger charge is -2.24. The summed E-state index contributed by atoms with van der Waals surface area (Å²) in [5.41, 5.74) is 1.84. The summed E-state index contributed by atoms with van der Waals surface area (Å²) < 4.78 is 27.6. The van der Waals surface area contributed by atoms with Crippen molar-refractivity contribution in [3.63, 3.8) is 0 Å². The number of aromatic nitrogens is 3. The quantitative estimate of drug-likeness (QED) is 0.785. The highest BCUT2D eigenvalue weighted by molar-refractivity contribution is 7.89. The van der Waals surface area contributed by atoms with E-state index < -0.39 is 10.0 Å². The first kappa shape index (κ1) is 16.6. The summed E-state index contributed by atoms with van der Waals surface area (Å²) in [6.07, 6.45) is 4.66. The minimum absolute atomic E-state index is 0.196. The summed E-state index contributed by atoms with van der Waals surface area (Å²) in [5.74, 6) is 0.196. The Balaban J connectivity index is 2.14. The van der Waals surface area contributed by atoms with Gasteiger partial charge in [-0.25, -0.2) is 18.1 Å². The van der Waals surface area contributed by atoms with Gasteiger partial charge < -0.3 is 0 Å². The van der Waals surface area contributed by atoms with Gasteiger partial charge in [0.05, 0.1) is 11.4 Å². The van der Waals surface area contributed by atoms with Crippen molar-refractivity contribution >= 4 is 10.0 Å². The van der Waals surface area contributed by atoms with Gasteiger partial charge in [0.25, 0.3) is 0 Å². The normalized spacial score (nSPS) is 13.5. The van der Waals surface area contributed by atoms with Crippen LogP contribution in [0.25, 0.3) is 5.69 Å². The molecule has 0 amide bonds. The van der Waals surface area contributed by atoms with Gasteiger partial charge in [0.15, 0.2) is 0 Å². The Kier molecular flexibility index (Phi) is 5.31. The zero-order chi connectivity index (χ0) is 16.2. The molecule has 6 nitrogen and oxygen atoms in total. The topological polar surface area (TPSA) is 68.1 Å². The molecule has 1 atom stereocenters. The van der Waals surface area contributed by atoms with E-state index in [9.17, 15) is 8.42 Å². The zero-order valence-corrected chi connectivity index (χ0v) is 14.0. The standard InChI is InChI=1S/C15H22N4O2S/c1-4-5-10-22(20,21)18(3)13(2)14-6-8-15(9-7-14)19-12-16-11-17-19/h6-9,11-13H,4-5,10H2,1-3H3. The first-order valence-corrected chi connectivity index (χ1v) is 8.97. The van der Waals surface area contributed by atoms with Crippen molar-refractivity contribution in [3.8, 4) is 5.69 Å². The molecular formula is C15H22N4O2S. The molecule has 1 aromatic heterocycles. The first-order chi connectivity index (χ1) is 10.5. The Hall–Kier alpha value is -1.73. The molecule has 0 aliphatic carbocycles. The minimum Gasteiger partial charge on any atom is -0.223 e. The van der Waals surface area contributed by atoms with Crippen molar-refractivity contribution in [1.29, 1.82) is 0 Å². The highest BCUT2D eigenvalue weighted by Gasteiger charge is 2.23. The summed E-state index contributed by atoms with van der Waals surface area (Å²) >= 11 is 0. The minimum atomic E-state index is -3.22. The third kappa shape index (κ3) is 3.72. The number of hydrogen-bond donors (Lipinski definition) is 0. The number of nitrogens with zero attached hydrogens (tertiary/aromatic N) is 4. The van der Waals surface area contributed by atoms with Crippen molar-refractivity contribution in [1.82, 2.24) is 19.1 Å². The molecule has 22 heavy (non-hydrogen) atoms. The van der Waals surface area contributed by atoms with Gasteiger partial charge in [-0.15, -0.1) is 0 Å². The van der Waals surface area contributed by atoms with Gasteiger partial charge in [-0.05, 0) is 31.0 Å². The fourth-order valence-electron chi connectivity index (χ4n) is 2.17. The van der Waals surface area contributed by atoms with Crippen LogP contribution in [-0.2, 0) is 10.0 Å². The van der Waals surface area contributed by atoms with E-state index in [1.54, 1.807) is 18.1 Å². The molecule has 0 aliphatic rings. The van der Waals surface area contributed by atoms with E-state index in [0.29, 0.717) is 6.42 Å². The Labute approximate surface area is 131 Å². The van der Waals surface area contributed by atoms with Crippen LogP contribution in [0.3, 0.4) is 0 Å². The molecule has 1 aromatic carbocycles. The van der Waals surface area contributed by atoms with E-state index in [4.69, 9.17) is 0 Å². The third-order valence-electron chi connectivity index (χ3n) is 3.80. The fraction of sp³-hybridized carbons (Fsp3) is 0.467. The molecule has 0 saturated carbocycles. The summed E-state index contributed by atoms with van der Waals surface area (Å²) in [6, 6.07) is 7.47. The van der Waals surface area contributed by atoms with Gasteiger partial charge in [0, 0.05) is 13.1 Å². The molecule has 0 aliphatic heterocycles. The molecule has 0 saturated heterocycles. The molecule has 2 rings (SSSR count). The molecular weight excluding hydrogens is 300 g/mol. The lowest BCUT2D eigenvalue weighted by Crippen LogP contribution is -2.31. The molecule has 2 aromatic rings. The maximum atomic E-state index is 12.3. The van der Waals surface area contributed by atoms with E-state index in [0.717, 1.165) is 17.7 Å². The number of hydrogen-bond acceptors (Lipinski definition) is 4. The molecule has 1 unspecified atom stereocenters. The largest absolute Gasteiger partial charge is 0.223 e. The lowest BCUT2D eigenvalue weighted by molar-refractivity contribution is 0.397. The van der Waals surface area contributed by atoms with Crippen LogP contribution in [0.15, 0.2) is 36.9 Å². The van der Waals surface area contributed by atoms with Crippen LogP contribution in [-0.4, -0.2) is 40.3 Å². The second kappa shape index (κ2) is 7.02. The second-order valence-electron chi connectivity index (χ2n) is 5.29. The highest BCUT2D eigenvalue weighted by atomic mass is 32.2. The summed E-state index contributed by atoms with van der Waals surface area (Å²) in [5, 5.41) is 4.07. The van der Waals surface area contributed by atoms with Crippen molar-refractivity contribution in [2.45, 2.75) is 32.7 Å². The number of rotatable bonds is 7. The Morgan fingerprint density at radius 3 is 2.50 bits per heavy atom. The molecule has 0 fully saturated rings. The van der Waals surface area contributed by atoms with Crippen LogP contribution in [0.5, 0.6) is 0 Å². The van der Waals surface area contributed by atoms with Crippen LogP contribution in [0.1, 0.15) is 38.3 Å². The van der Waals surface area contributed by atoms with E-state index in [-0.39, 0.29) is 11.8 Å². The Morgan fingerprint density at radius 2 is 1.95 bits per heavy atom. The van der Waals surface area contributed by atoms with Gasteiger partial charge in [0.1, 0.15) is 12.7 Å². The van der Waals surface area contributed by atoms with Crippen molar-refractivity contribution in [2.24, 2.45) is 0 Å². The smallest absolute Gasteiger partial charge is 0.214 e. The van der Waals surface area contributed by atoms with Crippen molar-refractivity contribution in [2.75, 3.05) is 12.8 Å². The second-order valence-corrected chi connectivity index (χ2v) is 7.44. The van der Waals surface area contributed by atoms with E-state index in [1.165, 1.54) is 10.6 Å². The molecule has 0 spiro atoms. The summed E-state index contributed by atoms with van der Waals surface area (Å²) in [4.78, 5) is 3.91. The summed E-state index contributed by atoms with van der Waals surface area (Å²) in [6.45, 7) is 3.88. The van der Waals surface area contributed by atoms with Gasteiger partial charge in [-0.3, -0.25) is 0 Å². The van der Waals surface area contributed by atoms with Crippen LogP contribution >= 0.6 is 0 Å². The maximum absolute atomic E-state index is 12.3. The van der Waals surface area contributed by atoms with Gasteiger partial charge in [0.2, 0.25) is 10.0 Å². The van der Waals surface area contributed by atoms with Gasteiger partial charge >= 0.3 is 0 Å². The third-order valence-corrected chi connectivity index (χ3v) is 5.80. The predicted octanol–water partition coefficient (Wildman–Crippen LogP) is 2.39. The van der Waals surface area contributed by atoms with Crippen molar-refractivity contribution in [3.05, 3.63) is 42.5 Å². The van der Waals surface area contributed by atoms with Crippen LogP contribution in [0, 0.1) is 0 Å². The maximum Gasteiger partial charge on any atom is 0.214 e. The Morgan fingerprint density at radius 1 is 1.27 bits per heavy atom. The molecule has 7 heteroatoms. The highest BCUT2D eigenvalue weighted by Crippen LogP contribution is 2.23. The van der Waals surface area contributed by atoms with Crippen LogP contribution in [0.4, 0.5) is 0 Å². The van der Waals surface area contributed by atoms with E-state index in [2.05, 4.69) is 10.1 Å². The van der Waals surface area contributed by atoms with Crippen molar-refractivity contribution < 1.29 is 8.42 Å². The number of benzene rings is 1. The molecule has 0 N–H and O–H groups in total. The monoisotopic (exact) mass is 322 g/mol. The predicted molar refractivity (Wildman–Crippen MR) is 86.2 cm³/mol. The fourth-order valence-corrected chi connectivity index (χ4v) is 3.71. The molecule has 0 radical (unpaired) electrons. The van der Waals surface area contributed by atoms with Crippen LogP contribution in [0.2, 0.25) is 0 Å². The Bertz CT molecular complexity index is 681. The van der Waals surface area contributed by atoms with Gasteiger partial charge in [-0.2, -0.15) is 9.40 Å². The average molecular weight is 322 g/mol. The van der Waals surface area contributed by atoms with E-state index in [1.807, 2.05) is 38.1 Å². The first-order valence-electron chi connectivity index (χ1n) is 7.36. The SMILES string of the molecule is CCCCS(=O)(=O)N(C)C(C)c1ccc(-n2cncn2)cc1. The zero-order valence-electron chi connectivity index (χ0n) is 13.2. The van der Waals surface area contributed by atoms with Gasteiger partial charge in [-0.1, -0.05) is 25.5 Å². The van der Waals surface area contributed by atoms with E-state index >= 15 is 0 Å². The molecule has 120 valence electrons.